The van der Waals surface area contributed by atoms with Crippen LogP contribution < -0.4 is 20.2 Å². The second kappa shape index (κ2) is 9.43. The number of ether oxygens (including phenoxy) is 2. The molecule has 2 aromatic carbocycles. The molecular formula is C18H18ClN3O4. The maximum atomic E-state index is 12.0. The molecule has 2 N–H and O–H groups in total. The fourth-order valence-corrected chi connectivity index (χ4v) is 2.23. The van der Waals surface area contributed by atoms with Gasteiger partial charge in [-0.1, -0.05) is 23.7 Å². The Bertz CT molecular complexity index is 824. The molecule has 0 aliphatic rings. The van der Waals surface area contributed by atoms with Crippen LogP contribution in [0.1, 0.15) is 12.5 Å². The predicted molar refractivity (Wildman–Crippen MR) is 100.0 cm³/mol. The number of rotatable bonds is 6. The van der Waals surface area contributed by atoms with Gasteiger partial charge in [-0.15, -0.1) is 0 Å². The van der Waals surface area contributed by atoms with E-state index in [1.807, 2.05) is 6.92 Å². The average Bonchev–Trinajstić information content (AvgIpc) is 2.63. The van der Waals surface area contributed by atoms with E-state index in [1.54, 1.807) is 42.5 Å². The number of hydrazone groups is 1. The molecule has 0 saturated heterocycles. The van der Waals surface area contributed by atoms with Gasteiger partial charge >= 0.3 is 11.8 Å². The normalized spacial score (nSPS) is 10.4. The Kier molecular flexibility index (Phi) is 6.99. The summed E-state index contributed by atoms with van der Waals surface area (Å²) >= 11 is 5.92. The quantitative estimate of drug-likeness (QED) is 0.461. The van der Waals surface area contributed by atoms with Crippen LogP contribution in [0.2, 0.25) is 5.02 Å². The molecule has 0 radical (unpaired) electrons. The number of para-hydroxylation sites is 2. The molecule has 0 atom stereocenters. The highest BCUT2D eigenvalue weighted by Gasteiger charge is 2.15. The fraction of sp³-hybridized carbons (Fsp3) is 0.167. The topological polar surface area (TPSA) is 89.0 Å². The molecule has 26 heavy (non-hydrogen) atoms. The molecule has 2 amide bonds. The molecule has 2 rings (SSSR count). The molecule has 0 saturated carbocycles. The molecule has 0 bridgehead atoms. The van der Waals surface area contributed by atoms with Crippen molar-refractivity contribution in [2.45, 2.75) is 6.92 Å². The lowest BCUT2D eigenvalue weighted by atomic mass is 10.2. The minimum Gasteiger partial charge on any atom is -0.496 e. The summed E-state index contributed by atoms with van der Waals surface area (Å²) in [6.45, 7) is 2.26. The maximum absolute atomic E-state index is 12.0. The molecule has 2 aromatic rings. The Morgan fingerprint density at radius 1 is 1.15 bits per heavy atom. The van der Waals surface area contributed by atoms with Gasteiger partial charge in [-0.25, -0.2) is 5.43 Å². The fourth-order valence-electron chi connectivity index (χ4n) is 2.05. The van der Waals surface area contributed by atoms with Gasteiger partial charge in [0.15, 0.2) is 0 Å². The van der Waals surface area contributed by atoms with E-state index in [0.717, 1.165) is 0 Å². The number of benzene rings is 2. The van der Waals surface area contributed by atoms with Crippen molar-refractivity contribution in [1.82, 2.24) is 5.43 Å². The van der Waals surface area contributed by atoms with Crippen molar-refractivity contribution in [3.8, 4) is 11.5 Å². The lowest BCUT2D eigenvalue weighted by Gasteiger charge is -2.10. The van der Waals surface area contributed by atoms with E-state index in [9.17, 15) is 9.59 Å². The highest BCUT2D eigenvalue weighted by Crippen LogP contribution is 2.23. The van der Waals surface area contributed by atoms with Crippen molar-refractivity contribution in [2.75, 3.05) is 19.0 Å². The molecule has 7 nitrogen and oxygen atoms in total. The summed E-state index contributed by atoms with van der Waals surface area (Å²) in [5, 5.41) is 6.73. The summed E-state index contributed by atoms with van der Waals surface area (Å²) < 4.78 is 10.6. The number of carbonyl (C=O) groups is 2. The number of hydrogen-bond acceptors (Lipinski definition) is 5. The first-order valence-corrected chi connectivity index (χ1v) is 8.12. The third-order valence-corrected chi connectivity index (χ3v) is 3.44. The number of hydrogen-bond donors (Lipinski definition) is 2. The molecule has 0 heterocycles. The van der Waals surface area contributed by atoms with Crippen LogP contribution in [0.15, 0.2) is 47.6 Å². The van der Waals surface area contributed by atoms with E-state index in [1.165, 1.54) is 13.3 Å². The largest absolute Gasteiger partial charge is 0.496 e. The summed E-state index contributed by atoms with van der Waals surface area (Å²) in [6, 6.07) is 11.8. The summed E-state index contributed by atoms with van der Waals surface area (Å²) in [6.07, 6.45) is 1.34. The third kappa shape index (κ3) is 5.22. The van der Waals surface area contributed by atoms with E-state index < -0.39 is 11.8 Å². The van der Waals surface area contributed by atoms with Gasteiger partial charge in [0.25, 0.3) is 0 Å². The van der Waals surface area contributed by atoms with Gasteiger partial charge in [-0.3, -0.25) is 9.59 Å². The molecule has 8 heteroatoms. The van der Waals surface area contributed by atoms with E-state index in [-0.39, 0.29) is 0 Å². The first kappa shape index (κ1) is 19.3. The molecule has 0 aliphatic heterocycles. The number of nitrogens with zero attached hydrogens (tertiary/aromatic N) is 1. The van der Waals surface area contributed by atoms with Gasteiger partial charge < -0.3 is 14.8 Å². The van der Waals surface area contributed by atoms with Gasteiger partial charge in [0, 0.05) is 10.6 Å². The third-order valence-electron chi connectivity index (χ3n) is 3.20. The van der Waals surface area contributed by atoms with Gasteiger partial charge in [0.05, 0.1) is 25.6 Å². The van der Waals surface area contributed by atoms with Crippen molar-refractivity contribution in [1.29, 1.82) is 0 Å². The van der Waals surface area contributed by atoms with Crippen molar-refractivity contribution >= 4 is 35.3 Å². The number of halogens is 1. The van der Waals surface area contributed by atoms with E-state index >= 15 is 0 Å². The molecule has 0 aromatic heterocycles. The Morgan fingerprint density at radius 2 is 1.92 bits per heavy atom. The Labute approximate surface area is 155 Å². The summed E-state index contributed by atoms with van der Waals surface area (Å²) in [4.78, 5) is 23.9. The first-order valence-electron chi connectivity index (χ1n) is 7.75. The Balaban J connectivity index is 2.00. The van der Waals surface area contributed by atoms with Crippen LogP contribution in [0.4, 0.5) is 5.69 Å². The predicted octanol–water partition coefficient (Wildman–Crippen LogP) is 2.84. The molecule has 0 aliphatic carbocycles. The molecule has 0 spiro atoms. The number of anilines is 1. The van der Waals surface area contributed by atoms with Crippen LogP contribution in [-0.2, 0) is 9.59 Å². The zero-order chi connectivity index (χ0) is 18.9. The van der Waals surface area contributed by atoms with Gasteiger partial charge in [-0.2, -0.15) is 5.10 Å². The SMILES string of the molecule is CCOc1ccccc1NC(=O)C(=O)N/N=C\c1cc(Cl)ccc1OC. The monoisotopic (exact) mass is 375 g/mol. The number of methoxy groups -OCH3 is 1. The van der Waals surface area contributed by atoms with Crippen molar-refractivity contribution in [3.63, 3.8) is 0 Å². The summed E-state index contributed by atoms with van der Waals surface area (Å²) in [5.41, 5.74) is 3.11. The zero-order valence-corrected chi connectivity index (χ0v) is 15.0. The first-order chi connectivity index (χ1) is 12.5. The summed E-state index contributed by atoms with van der Waals surface area (Å²) in [7, 11) is 1.50. The molecular weight excluding hydrogens is 358 g/mol. The smallest absolute Gasteiger partial charge is 0.329 e. The van der Waals surface area contributed by atoms with Gasteiger partial charge in [0.2, 0.25) is 0 Å². The standard InChI is InChI=1S/C18H18ClN3O4/c1-3-26-16-7-5-4-6-14(16)21-17(23)18(24)22-20-11-12-10-13(19)8-9-15(12)25-2/h4-11H,3H2,1-2H3,(H,21,23)(H,22,24)/b20-11-. The van der Waals surface area contributed by atoms with Gasteiger partial charge in [-0.05, 0) is 37.3 Å². The Morgan fingerprint density at radius 3 is 2.65 bits per heavy atom. The second-order valence-corrected chi connectivity index (χ2v) is 5.41. The zero-order valence-electron chi connectivity index (χ0n) is 14.3. The van der Waals surface area contributed by atoms with Crippen LogP contribution in [0.3, 0.4) is 0 Å². The lowest BCUT2D eigenvalue weighted by Crippen LogP contribution is -2.32. The van der Waals surface area contributed by atoms with Crippen LogP contribution in [0, 0.1) is 0 Å². The highest BCUT2D eigenvalue weighted by molar-refractivity contribution is 6.39. The second-order valence-electron chi connectivity index (χ2n) is 4.97. The van der Waals surface area contributed by atoms with Gasteiger partial charge in [0.1, 0.15) is 11.5 Å². The maximum Gasteiger partial charge on any atom is 0.329 e. The molecule has 0 fully saturated rings. The number of nitrogens with one attached hydrogen (secondary N) is 2. The van der Waals surface area contributed by atoms with Crippen LogP contribution >= 0.6 is 11.6 Å². The minimum atomic E-state index is -0.923. The van der Waals surface area contributed by atoms with Crippen LogP contribution in [0.5, 0.6) is 11.5 Å². The summed E-state index contributed by atoms with van der Waals surface area (Å²) in [5.74, 6) is -0.785. The Hall–Kier alpha value is -3.06. The van der Waals surface area contributed by atoms with E-state index in [4.69, 9.17) is 21.1 Å². The molecule has 0 unspecified atom stereocenters. The van der Waals surface area contributed by atoms with Crippen molar-refractivity contribution in [2.24, 2.45) is 5.10 Å². The lowest BCUT2D eigenvalue weighted by molar-refractivity contribution is -0.136. The van der Waals surface area contributed by atoms with Crippen molar-refractivity contribution < 1.29 is 19.1 Å². The van der Waals surface area contributed by atoms with Crippen molar-refractivity contribution in [3.05, 3.63) is 53.1 Å². The van der Waals surface area contributed by atoms with E-state index in [2.05, 4.69) is 15.8 Å². The number of amides is 2. The van der Waals surface area contributed by atoms with E-state index in [0.29, 0.717) is 34.4 Å². The number of carbonyl (C=O) groups excluding carboxylic acids is 2. The minimum absolute atomic E-state index is 0.398. The van der Waals surface area contributed by atoms with Crippen LogP contribution in [0.25, 0.3) is 0 Å². The highest BCUT2D eigenvalue weighted by atomic mass is 35.5. The van der Waals surface area contributed by atoms with Crippen LogP contribution in [-0.4, -0.2) is 31.7 Å². The molecule has 136 valence electrons. The average molecular weight is 376 g/mol.